The molecule has 0 bridgehead atoms. The van der Waals surface area contributed by atoms with E-state index in [1.54, 1.807) is 6.20 Å². The molecule has 1 aromatic heterocycles. The number of morpholine rings is 1. The van der Waals surface area contributed by atoms with Crippen LogP contribution < -0.4 is 5.73 Å². The fourth-order valence-electron chi connectivity index (χ4n) is 2.53. The van der Waals surface area contributed by atoms with E-state index in [0.717, 1.165) is 24.7 Å². The van der Waals surface area contributed by atoms with Crippen molar-refractivity contribution in [2.75, 3.05) is 19.7 Å². The molecule has 2 rings (SSSR count). The number of rotatable bonds is 3. The van der Waals surface area contributed by atoms with Crippen molar-refractivity contribution < 1.29 is 4.74 Å². The maximum absolute atomic E-state index is 5.84. The van der Waals surface area contributed by atoms with Crippen LogP contribution in [0.3, 0.4) is 0 Å². The first-order valence-corrected chi connectivity index (χ1v) is 6.50. The zero-order chi connectivity index (χ0) is 13.1. The third-order valence-electron chi connectivity index (χ3n) is 3.39. The SMILES string of the molecule is Cc1nccc(C2C(CN)OCCN2C(C)C)n1. The van der Waals surface area contributed by atoms with Crippen LogP contribution in [0.4, 0.5) is 0 Å². The van der Waals surface area contributed by atoms with Crippen molar-refractivity contribution in [3.8, 4) is 0 Å². The van der Waals surface area contributed by atoms with Crippen molar-refractivity contribution in [3.05, 3.63) is 23.8 Å². The molecule has 18 heavy (non-hydrogen) atoms. The fourth-order valence-corrected chi connectivity index (χ4v) is 2.53. The molecule has 1 aromatic rings. The number of hydrogen-bond acceptors (Lipinski definition) is 5. The van der Waals surface area contributed by atoms with E-state index in [-0.39, 0.29) is 12.1 Å². The lowest BCUT2D eigenvalue weighted by Crippen LogP contribution is -2.51. The van der Waals surface area contributed by atoms with Crippen molar-refractivity contribution in [2.24, 2.45) is 5.73 Å². The minimum atomic E-state index is 0.00968. The van der Waals surface area contributed by atoms with Crippen LogP contribution in [0.2, 0.25) is 0 Å². The Balaban J connectivity index is 2.33. The first-order chi connectivity index (χ1) is 8.63. The molecule has 0 saturated carbocycles. The molecule has 0 aliphatic carbocycles. The normalized spacial score (nSPS) is 25.6. The van der Waals surface area contributed by atoms with Gasteiger partial charge in [-0.2, -0.15) is 0 Å². The number of hydrogen-bond donors (Lipinski definition) is 1. The molecule has 1 fully saturated rings. The zero-order valence-electron chi connectivity index (χ0n) is 11.3. The summed E-state index contributed by atoms with van der Waals surface area (Å²) in [6.07, 6.45) is 1.81. The van der Waals surface area contributed by atoms with E-state index >= 15 is 0 Å². The Labute approximate surface area is 108 Å². The molecule has 2 N–H and O–H groups in total. The van der Waals surface area contributed by atoms with Gasteiger partial charge in [0.05, 0.1) is 24.4 Å². The van der Waals surface area contributed by atoms with Crippen molar-refractivity contribution >= 4 is 0 Å². The Kier molecular flexibility index (Phi) is 4.27. The summed E-state index contributed by atoms with van der Waals surface area (Å²) >= 11 is 0. The molecular weight excluding hydrogens is 228 g/mol. The van der Waals surface area contributed by atoms with Crippen molar-refractivity contribution in [2.45, 2.75) is 39.0 Å². The van der Waals surface area contributed by atoms with Gasteiger partial charge in [0, 0.05) is 25.3 Å². The molecule has 1 aliphatic rings. The van der Waals surface area contributed by atoms with Crippen LogP contribution in [-0.4, -0.2) is 46.7 Å². The van der Waals surface area contributed by atoms with Gasteiger partial charge in [0.1, 0.15) is 5.82 Å². The number of ether oxygens (including phenoxy) is 1. The topological polar surface area (TPSA) is 64.3 Å². The summed E-state index contributed by atoms with van der Waals surface area (Å²) in [6, 6.07) is 2.54. The lowest BCUT2D eigenvalue weighted by Gasteiger charge is -2.42. The predicted octanol–water partition coefficient (Wildman–Crippen LogP) is 0.894. The van der Waals surface area contributed by atoms with E-state index in [4.69, 9.17) is 10.5 Å². The Bertz CT molecular complexity index is 396. The summed E-state index contributed by atoms with van der Waals surface area (Å²) < 4.78 is 5.79. The highest BCUT2D eigenvalue weighted by Gasteiger charge is 2.35. The fraction of sp³-hybridized carbons (Fsp3) is 0.692. The summed E-state index contributed by atoms with van der Waals surface area (Å²) in [4.78, 5) is 11.1. The molecule has 1 saturated heterocycles. The van der Waals surface area contributed by atoms with Crippen LogP contribution in [0.5, 0.6) is 0 Å². The molecule has 2 heterocycles. The second kappa shape index (κ2) is 5.73. The predicted molar refractivity (Wildman–Crippen MR) is 70.1 cm³/mol. The molecule has 1 aliphatic heterocycles. The van der Waals surface area contributed by atoms with Gasteiger partial charge < -0.3 is 10.5 Å². The van der Waals surface area contributed by atoms with Crippen molar-refractivity contribution in [3.63, 3.8) is 0 Å². The highest BCUT2D eigenvalue weighted by Crippen LogP contribution is 2.29. The van der Waals surface area contributed by atoms with Crippen molar-refractivity contribution in [1.29, 1.82) is 0 Å². The Morgan fingerprint density at radius 2 is 2.33 bits per heavy atom. The first-order valence-electron chi connectivity index (χ1n) is 6.50. The minimum Gasteiger partial charge on any atom is -0.374 e. The Hall–Kier alpha value is -1.04. The zero-order valence-corrected chi connectivity index (χ0v) is 11.3. The van der Waals surface area contributed by atoms with Gasteiger partial charge in [0.15, 0.2) is 0 Å². The molecule has 0 spiro atoms. The monoisotopic (exact) mass is 250 g/mol. The summed E-state index contributed by atoms with van der Waals surface area (Å²) in [7, 11) is 0. The molecule has 0 radical (unpaired) electrons. The highest BCUT2D eigenvalue weighted by molar-refractivity contribution is 5.11. The van der Waals surface area contributed by atoms with E-state index in [1.165, 1.54) is 0 Å². The average molecular weight is 250 g/mol. The smallest absolute Gasteiger partial charge is 0.125 e. The number of nitrogens with zero attached hydrogens (tertiary/aromatic N) is 3. The highest BCUT2D eigenvalue weighted by atomic mass is 16.5. The first kappa shape index (κ1) is 13.4. The molecule has 2 unspecified atom stereocenters. The van der Waals surface area contributed by atoms with Crippen LogP contribution in [0.1, 0.15) is 31.4 Å². The lowest BCUT2D eigenvalue weighted by molar-refractivity contribution is -0.0803. The molecule has 5 heteroatoms. The van der Waals surface area contributed by atoms with E-state index in [1.807, 2.05) is 13.0 Å². The quantitative estimate of drug-likeness (QED) is 0.863. The molecule has 0 aromatic carbocycles. The molecule has 2 atom stereocenters. The summed E-state index contributed by atoms with van der Waals surface area (Å²) in [5.74, 6) is 0.789. The molecular formula is C13H22N4O. The second-order valence-corrected chi connectivity index (χ2v) is 4.95. The third kappa shape index (κ3) is 2.68. The van der Waals surface area contributed by atoms with Gasteiger partial charge in [-0.25, -0.2) is 9.97 Å². The average Bonchev–Trinajstić information content (AvgIpc) is 2.37. The van der Waals surface area contributed by atoms with Crippen LogP contribution >= 0.6 is 0 Å². The van der Waals surface area contributed by atoms with Gasteiger partial charge in [-0.15, -0.1) is 0 Å². The van der Waals surface area contributed by atoms with Gasteiger partial charge >= 0.3 is 0 Å². The standard InChI is InChI=1S/C13H22N4O/c1-9(2)17-6-7-18-12(8-14)13(17)11-4-5-15-10(3)16-11/h4-5,9,12-13H,6-8,14H2,1-3H3. The van der Waals surface area contributed by atoms with Gasteiger partial charge in [0.25, 0.3) is 0 Å². The van der Waals surface area contributed by atoms with Crippen LogP contribution in [-0.2, 0) is 4.74 Å². The van der Waals surface area contributed by atoms with Gasteiger partial charge in [-0.3, -0.25) is 4.90 Å². The molecule has 100 valence electrons. The molecule has 5 nitrogen and oxygen atoms in total. The summed E-state index contributed by atoms with van der Waals surface area (Å²) in [5, 5.41) is 0. The second-order valence-electron chi connectivity index (χ2n) is 4.95. The van der Waals surface area contributed by atoms with E-state index in [0.29, 0.717) is 12.6 Å². The van der Waals surface area contributed by atoms with E-state index in [2.05, 4.69) is 28.7 Å². The van der Waals surface area contributed by atoms with Crippen LogP contribution in [0.25, 0.3) is 0 Å². The van der Waals surface area contributed by atoms with E-state index in [9.17, 15) is 0 Å². The number of nitrogens with two attached hydrogens (primary N) is 1. The Morgan fingerprint density at radius 3 is 2.94 bits per heavy atom. The Morgan fingerprint density at radius 1 is 1.56 bits per heavy atom. The van der Waals surface area contributed by atoms with Crippen LogP contribution in [0, 0.1) is 6.92 Å². The lowest BCUT2D eigenvalue weighted by atomic mass is 10.0. The van der Waals surface area contributed by atoms with E-state index < -0.39 is 0 Å². The van der Waals surface area contributed by atoms with Gasteiger partial charge in [-0.05, 0) is 26.8 Å². The largest absolute Gasteiger partial charge is 0.374 e. The third-order valence-corrected chi connectivity index (χ3v) is 3.39. The minimum absolute atomic E-state index is 0.00968. The maximum Gasteiger partial charge on any atom is 0.125 e. The summed E-state index contributed by atoms with van der Waals surface area (Å²) in [6.45, 7) is 8.46. The van der Waals surface area contributed by atoms with Crippen LogP contribution in [0.15, 0.2) is 12.3 Å². The summed E-state index contributed by atoms with van der Waals surface area (Å²) in [5.41, 5.74) is 6.84. The maximum atomic E-state index is 5.84. The number of aryl methyl sites for hydroxylation is 1. The van der Waals surface area contributed by atoms with Gasteiger partial charge in [-0.1, -0.05) is 0 Å². The van der Waals surface area contributed by atoms with Gasteiger partial charge in [0.2, 0.25) is 0 Å². The van der Waals surface area contributed by atoms with Crippen molar-refractivity contribution in [1.82, 2.24) is 14.9 Å². The molecule has 0 amide bonds. The number of aromatic nitrogens is 2.